The molecule has 1 heterocycles. The van der Waals surface area contributed by atoms with Crippen LogP contribution in [-0.4, -0.2) is 16.4 Å². The summed E-state index contributed by atoms with van der Waals surface area (Å²) in [7, 11) is 0. The Balaban J connectivity index is 1.52. The Hall–Kier alpha value is -2.16. The summed E-state index contributed by atoms with van der Waals surface area (Å²) in [4.78, 5) is 16.8. The highest BCUT2D eigenvalue weighted by Gasteiger charge is 2.35. The summed E-state index contributed by atoms with van der Waals surface area (Å²) in [6, 6.07) is 16.5. The van der Waals surface area contributed by atoms with Crippen LogP contribution < -0.4 is 5.32 Å². The molecule has 0 bridgehead atoms. The Morgan fingerprint density at radius 2 is 1.79 bits per heavy atom. The van der Waals surface area contributed by atoms with Gasteiger partial charge in [-0.3, -0.25) is 9.78 Å². The van der Waals surface area contributed by atoms with Crippen LogP contribution in [0.1, 0.15) is 49.8 Å². The number of hydrogen-bond acceptors (Lipinski definition) is 2. The van der Waals surface area contributed by atoms with Crippen LogP contribution in [0.15, 0.2) is 54.7 Å². The first-order valence-corrected chi connectivity index (χ1v) is 9.01. The zero-order valence-corrected chi connectivity index (χ0v) is 14.2. The van der Waals surface area contributed by atoms with E-state index in [1.165, 1.54) is 18.4 Å². The molecule has 3 nitrogen and oxygen atoms in total. The van der Waals surface area contributed by atoms with Crippen LogP contribution in [-0.2, 0) is 17.6 Å². The van der Waals surface area contributed by atoms with E-state index >= 15 is 0 Å². The lowest BCUT2D eigenvalue weighted by atomic mass is 9.88. The molecule has 0 radical (unpaired) electrons. The molecule has 126 valence electrons. The molecule has 1 aromatic carbocycles. The van der Waals surface area contributed by atoms with Gasteiger partial charge in [-0.1, -0.05) is 49.2 Å². The van der Waals surface area contributed by atoms with Crippen molar-refractivity contribution in [3.63, 3.8) is 0 Å². The van der Waals surface area contributed by atoms with E-state index < -0.39 is 0 Å². The van der Waals surface area contributed by atoms with E-state index in [1.807, 2.05) is 30.5 Å². The van der Waals surface area contributed by atoms with Crippen LogP contribution in [0.3, 0.4) is 0 Å². The van der Waals surface area contributed by atoms with Crippen LogP contribution in [0, 0.1) is 0 Å². The second-order valence-electron chi connectivity index (χ2n) is 6.87. The van der Waals surface area contributed by atoms with Gasteiger partial charge in [-0.25, -0.2) is 0 Å². The summed E-state index contributed by atoms with van der Waals surface area (Å²) in [5.74, 6) is 0.184. The predicted octanol–water partition coefficient (Wildman–Crippen LogP) is 4.08. The van der Waals surface area contributed by atoms with Gasteiger partial charge in [-0.15, -0.1) is 0 Å². The Labute approximate surface area is 144 Å². The number of pyridine rings is 1. The van der Waals surface area contributed by atoms with Crippen LogP contribution in [0.4, 0.5) is 0 Å². The number of benzene rings is 1. The summed E-state index contributed by atoms with van der Waals surface area (Å²) in [5, 5.41) is 3.37. The molecule has 3 rings (SSSR count). The monoisotopic (exact) mass is 322 g/mol. The topological polar surface area (TPSA) is 42.0 Å². The minimum absolute atomic E-state index is 0.0383. The molecule has 1 aromatic heterocycles. The highest BCUT2D eigenvalue weighted by Crippen LogP contribution is 2.33. The van der Waals surface area contributed by atoms with Crippen molar-refractivity contribution in [2.24, 2.45) is 0 Å². The van der Waals surface area contributed by atoms with Crippen molar-refractivity contribution in [1.82, 2.24) is 10.3 Å². The average Bonchev–Trinajstić information content (AvgIpc) is 3.04. The number of carbonyl (C=O) groups excluding carboxylic acids is 1. The third-order valence-corrected chi connectivity index (χ3v) is 4.91. The van der Waals surface area contributed by atoms with Gasteiger partial charge in [0.05, 0.1) is 0 Å². The molecular formula is C21H26N2O. The van der Waals surface area contributed by atoms with E-state index in [0.717, 1.165) is 37.8 Å². The normalized spacial score (nSPS) is 16.0. The van der Waals surface area contributed by atoms with Gasteiger partial charge in [0.2, 0.25) is 5.91 Å². The highest BCUT2D eigenvalue weighted by atomic mass is 16.1. The molecule has 0 aliphatic heterocycles. The molecule has 24 heavy (non-hydrogen) atoms. The van der Waals surface area contributed by atoms with Crippen molar-refractivity contribution in [2.45, 2.75) is 56.9 Å². The van der Waals surface area contributed by atoms with Gasteiger partial charge in [-0.2, -0.15) is 0 Å². The Morgan fingerprint density at radius 3 is 2.50 bits per heavy atom. The molecule has 0 saturated heterocycles. The number of carbonyl (C=O) groups is 1. The van der Waals surface area contributed by atoms with E-state index in [-0.39, 0.29) is 11.4 Å². The zero-order valence-electron chi connectivity index (χ0n) is 14.2. The third-order valence-electron chi connectivity index (χ3n) is 4.91. The van der Waals surface area contributed by atoms with Gasteiger partial charge in [0.25, 0.3) is 0 Å². The molecule has 1 aliphatic rings. The van der Waals surface area contributed by atoms with E-state index in [4.69, 9.17) is 0 Å². The largest absolute Gasteiger partial charge is 0.350 e. The molecule has 2 aromatic rings. The zero-order chi connectivity index (χ0) is 16.7. The first kappa shape index (κ1) is 16.7. The van der Waals surface area contributed by atoms with Crippen molar-refractivity contribution in [3.05, 3.63) is 66.0 Å². The molecular weight excluding hydrogens is 296 g/mol. The number of aryl methyl sites for hydroxylation is 1. The molecule has 0 unspecified atom stereocenters. The van der Waals surface area contributed by atoms with Crippen LogP contribution in [0.2, 0.25) is 0 Å². The van der Waals surface area contributed by atoms with Gasteiger partial charge in [0.1, 0.15) is 0 Å². The van der Waals surface area contributed by atoms with Crippen LogP contribution in [0.5, 0.6) is 0 Å². The maximum atomic E-state index is 12.5. The van der Waals surface area contributed by atoms with Gasteiger partial charge < -0.3 is 5.32 Å². The summed E-state index contributed by atoms with van der Waals surface area (Å²) >= 11 is 0. The van der Waals surface area contributed by atoms with E-state index in [2.05, 4.69) is 34.6 Å². The van der Waals surface area contributed by atoms with Gasteiger partial charge >= 0.3 is 0 Å². The lowest BCUT2D eigenvalue weighted by molar-refractivity contribution is -0.123. The van der Waals surface area contributed by atoms with E-state index in [1.54, 1.807) is 0 Å². The van der Waals surface area contributed by atoms with Crippen molar-refractivity contribution in [2.75, 3.05) is 0 Å². The predicted molar refractivity (Wildman–Crippen MR) is 96.7 cm³/mol. The molecule has 1 fully saturated rings. The average molecular weight is 322 g/mol. The number of amides is 1. The summed E-state index contributed by atoms with van der Waals surface area (Å²) in [5.41, 5.74) is 2.34. The fourth-order valence-electron chi connectivity index (χ4n) is 3.72. The van der Waals surface area contributed by atoms with Crippen molar-refractivity contribution in [3.8, 4) is 0 Å². The summed E-state index contributed by atoms with van der Waals surface area (Å²) in [6.07, 6.45) is 9.64. The van der Waals surface area contributed by atoms with Gasteiger partial charge in [0, 0.05) is 23.9 Å². The minimum atomic E-state index is -0.0383. The van der Waals surface area contributed by atoms with Crippen molar-refractivity contribution in [1.29, 1.82) is 0 Å². The Morgan fingerprint density at radius 1 is 1.04 bits per heavy atom. The number of nitrogens with zero attached hydrogens (tertiary/aromatic N) is 1. The van der Waals surface area contributed by atoms with E-state index in [9.17, 15) is 4.79 Å². The van der Waals surface area contributed by atoms with Crippen molar-refractivity contribution < 1.29 is 4.79 Å². The fourth-order valence-corrected chi connectivity index (χ4v) is 3.72. The smallest absolute Gasteiger partial charge is 0.220 e. The first-order valence-electron chi connectivity index (χ1n) is 9.01. The highest BCUT2D eigenvalue weighted by molar-refractivity contribution is 5.76. The van der Waals surface area contributed by atoms with Gasteiger partial charge in [-0.05, 0) is 49.8 Å². The summed E-state index contributed by atoms with van der Waals surface area (Å²) < 4.78 is 0. The van der Waals surface area contributed by atoms with Crippen molar-refractivity contribution >= 4 is 5.91 Å². The maximum absolute atomic E-state index is 12.5. The fraction of sp³-hybridized carbons (Fsp3) is 0.429. The molecule has 0 atom stereocenters. The summed E-state index contributed by atoms with van der Waals surface area (Å²) in [6.45, 7) is 0. The molecule has 3 heteroatoms. The molecule has 1 N–H and O–H groups in total. The minimum Gasteiger partial charge on any atom is -0.350 e. The number of nitrogens with one attached hydrogen (secondary N) is 1. The molecule has 1 saturated carbocycles. The molecule has 1 amide bonds. The number of hydrogen-bond donors (Lipinski definition) is 1. The lowest BCUT2D eigenvalue weighted by Gasteiger charge is -2.31. The Bertz CT molecular complexity index is 633. The molecule has 0 spiro atoms. The van der Waals surface area contributed by atoms with Gasteiger partial charge in [0.15, 0.2) is 0 Å². The lowest BCUT2D eigenvalue weighted by Crippen LogP contribution is -2.48. The quantitative estimate of drug-likeness (QED) is 0.834. The third kappa shape index (κ3) is 4.67. The molecule has 1 aliphatic carbocycles. The van der Waals surface area contributed by atoms with E-state index in [0.29, 0.717) is 6.42 Å². The second kappa shape index (κ2) is 8.09. The maximum Gasteiger partial charge on any atom is 0.220 e. The number of aromatic nitrogens is 1. The SMILES string of the molecule is O=C(CCCc1ccccn1)NC1(Cc2ccccc2)CCCC1. The standard InChI is InChI=1S/C21H26N2O/c24-20(13-8-12-19-11-4-7-16-22-19)23-21(14-5-6-15-21)17-18-9-2-1-3-10-18/h1-4,7,9-11,16H,5-6,8,12-15,17H2,(H,23,24). The number of rotatable bonds is 7. The second-order valence-corrected chi connectivity index (χ2v) is 6.87. The van der Waals surface area contributed by atoms with Crippen LogP contribution in [0.25, 0.3) is 0 Å². The Kier molecular flexibility index (Phi) is 5.63. The first-order chi connectivity index (χ1) is 11.8. The van der Waals surface area contributed by atoms with Crippen LogP contribution >= 0.6 is 0 Å².